The third-order valence-corrected chi connectivity index (χ3v) is 5.67. The van der Waals surface area contributed by atoms with Crippen molar-refractivity contribution in [2.24, 2.45) is 0 Å². The van der Waals surface area contributed by atoms with Crippen molar-refractivity contribution in [1.82, 2.24) is 15.2 Å². The van der Waals surface area contributed by atoms with Crippen molar-refractivity contribution >= 4 is 22.7 Å². The van der Waals surface area contributed by atoms with E-state index in [0.717, 1.165) is 5.56 Å². The van der Waals surface area contributed by atoms with Crippen LogP contribution in [0.5, 0.6) is 11.5 Å². The number of aromatic nitrogens is 1. The van der Waals surface area contributed by atoms with Crippen LogP contribution in [0.4, 0.5) is 0 Å². The molecule has 2 N–H and O–H groups in total. The zero-order chi connectivity index (χ0) is 24.1. The maximum Gasteiger partial charge on any atom is 0.257 e. The molecule has 3 aromatic rings. The first-order valence-electron chi connectivity index (χ1n) is 11.1. The topological polar surface area (TPSA) is 108 Å². The molecule has 178 valence electrons. The summed E-state index contributed by atoms with van der Waals surface area (Å²) in [7, 11) is 1.54. The van der Waals surface area contributed by atoms with Crippen molar-refractivity contribution in [1.29, 1.82) is 0 Å². The van der Waals surface area contributed by atoms with Gasteiger partial charge in [-0.05, 0) is 18.6 Å². The minimum atomic E-state index is -0.867. The lowest BCUT2D eigenvalue weighted by molar-refractivity contribution is -0.123. The molecule has 1 aliphatic heterocycles. The third-order valence-electron chi connectivity index (χ3n) is 5.67. The summed E-state index contributed by atoms with van der Waals surface area (Å²) in [4.78, 5) is 39.4. The van der Waals surface area contributed by atoms with Crippen molar-refractivity contribution in [2.45, 2.75) is 25.9 Å². The smallest absolute Gasteiger partial charge is 0.257 e. The van der Waals surface area contributed by atoms with E-state index in [1.807, 2.05) is 37.3 Å². The van der Waals surface area contributed by atoms with Gasteiger partial charge in [0, 0.05) is 38.9 Å². The lowest BCUT2D eigenvalue weighted by Crippen LogP contribution is -2.49. The van der Waals surface area contributed by atoms with Gasteiger partial charge in [0.05, 0.1) is 17.5 Å². The molecule has 9 heteroatoms. The number of hydrogen-bond acceptors (Lipinski definition) is 6. The largest absolute Gasteiger partial charge is 0.454 e. The highest BCUT2D eigenvalue weighted by molar-refractivity contribution is 6.00. The highest BCUT2D eigenvalue weighted by atomic mass is 16.7. The quantitative estimate of drug-likeness (QED) is 0.467. The lowest BCUT2D eigenvalue weighted by Gasteiger charge is -2.19. The first-order chi connectivity index (χ1) is 16.5. The molecule has 0 aliphatic carbocycles. The fourth-order valence-corrected chi connectivity index (χ4v) is 3.90. The second-order valence-corrected chi connectivity index (χ2v) is 7.88. The van der Waals surface area contributed by atoms with E-state index in [1.165, 1.54) is 6.20 Å². The van der Waals surface area contributed by atoms with E-state index < -0.39 is 17.4 Å². The Morgan fingerprint density at radius 1 is 1.15 bits per heavy atom. The lowest BCUT2D eigenvalue weighted by atomic mass is 10.0. The van der Waals surface area contributed by atoms with Crippen molar-refractivity contribution in [3.05, 3.63) is 70.0 Å². The van der Waals surface area contributed by atoms with E-state index >= 15 is 0 Å². The molecular weight excluding hydrogens is 438 g/mol. The van der Waals surface area contributed by atoms with Crippen LogP contribution in [0.3, 0.4) is 0 Å². The maximum atomic E-state index is 13.3. The van der Waals surface area contributed by atoms with Crippen LogP contribution in [0.1, 0.15) is 22.8 Å². The number of fused-ring (bicyclic) bond motifs is 2. The molecule has 34 heavy (non-hydrogen) atoms. The molecular formula is C25H27N3O6. The summed E-state index contributed by atoms with van der Waals surface area (Å²) in [6.45, 7) is 3.18. The van der Waals surface area contributed by atoms with E-state index in [2.05, 4.69) is 10.6 Å². The number of pyridine rings is 1. The number of hydrogen-bond donors (Lipinski definition) is 2. The summed E-state index contributed by atoms with van der Waals surface area (Å²) in [6.07, 6.45) is 1.80. The summed E-state index contributed by atoms with van der Waals surface area (Å²) in [5.41, 5.74) is 1.04. The number of nitrogens with one attached hydrogen (secondary N) is 2. The Hall–Kier alpha value is -3.85. The Morgan fingerprint density at radius 2 is 1.88 bits per heavy atom. The molecule has 1 unspecified atom stereocenters. The van der Waals surface area contributed by atoms with Crippen LogP contribution in [-0.4, -0.2) is 49.5 Å². The number of methoxy groups -OCH3 is 1. The van der Waals surface area contributed by atoms with Gasteiger partial charge in [-0.15, -0.1) is 0 Å². The minimum Gasteiger partial charge on any atom is -0.454 e. The average molecular weight is 466 g/mol. The van der Waals surface area contributed by atoms with Gasteiger partial charge in [-0.2, -0.15) is 0 Å². The zero-order valence-electron chi connectivity index (χ0n) is 19.1. The number of nitrogens with zero attached hydrogens (tertiary/aromatic N) is 1. The molecule has 4 rings (SSSR count). The van der Waals surface area contributed by atoms with Gasteiger partial charge >= 0.3 is 0 Å². The first kappa shape index (κ1) is 23.3. The second-order valence-electron chi connectivity index (χ2n) is 7.88. The van der Waals surface area contributed by atoms with Crippen LogP contribution in [0.2, 0.25) is 0 Å². The van der Waals surface area contributed by atoms with E-state index in [9.17, 15) is 14.4 Å². The predicted octanol–water partition coefficient (Wildman–Crippen LogP) is 1.85. The molecule has 1 aromatic heterocycles. The predicted molar refractivity (Wildman–Crippen MR) is 126 cm³/mol. The van der Waals surface area contributed by atoms with Gasteiger partial charge in [0.15, 0.2) is 11.5 Å². The summed E-state index contributed by atoms with van der Waals surface area (Å²) in [5.74, 6) is 0.0510. The summed E-state index contributed by atoms with van der Waals surface area (Å²) in [6, 6.07) is 11.8. The van der Waals surface area contributed by atoms with Gasteiger partial charge in [-0.3, -0.25) is 14.4 Å². The molecule has 2 heterocycles. The molecule has 0 spiro atoms. The van der Waals surface area contributed by atoms with Crippen LogP contribution in [-0.2, 0) is 22.5 Å². The van der Waals surface area contributed by atoms with Crippen LogP contribution in [0, 0.1) is 0 Å². The minimum absolute atomic E-state index is 0.0454. The number of amides is 2. The Balaban J connectivity index is 1.65. The summed E-state index contributed by atoms with van der Waals surface area (Å²) in [5, 5.41) is 5.87. The molecule has 0 bridgehead atoms. The SMILES string of the molecule is CCn1cc(C(=O)NC(Cc2ccccc2)C(=O)NCCOC)c(=O)c2cc3c(cc21)OCO3. The van der Waals surface area contributed by atoms with Gasteiger partial charge in [0.25, 0.3) is 5.91 Å². The molecule has 0 radical (unpaired) electrons. The van der Waals surface area contributed by atoms with Crippen LogP contribution >= 0.6 is 0 Å². The van der Waals surface area contributed by atoms with Crippen LogP contribution in [0.25, 0.3) is 10.9 Å². The molecule has 0 saturated carbocycles. The Labute approximate surface area is 196 Å². The number of carbonyl (C=O) groups is 2. The van der Waals surface area contributed by atoms with Crippen LogP contribution in [0.15, 0.2) is 53.5 Å². The van der Waals surface area contributed by atoms with E-state index in [-0.39, 0.29) is 24.7 Å². The highest BCUT2D eigenvalue weighted by Crippen LogP contribution is 2.35. The molecule has 1 atom stereocenters. The number of carbonyl (C=O) groups excluding carboxylic acids is 2. The number of ether oxygens (including phenoxy) is 3. The standard InChI is InChI=1S/C25H27N3O6/c1-3-28-14-18(23(29)17-12-21-22(13-20(17)28)34-15-33-21)24(30)27-19(25(31)26-9-10-32-2)11-16-7-5-4-6-8-16/h4-8,12-14,19H,3,9-11,15H2,1-2H3,(H,26,31)(H,27,30). The van der Waals surface area contributed by atoms with Gasteiger partial charge in [0.1, 0.15) is 11.6 Å². The molecule has 9 nitrogen and oxygen atoms in total. The van der Waals surface area contributed by atoms with E-state index in [4.69, 9.17) is 14.2 Å². The summed E-state index contributed by atoms with van der Waals surface area (Å²) < 4.78 is 17.6. The van der Waals surface area contributed by atoms with Gasteiger partial charge in [-0.25, -0.2) is 0 Å². The van der Waals surface area contributed by atoms with Gasteiger partial charge in [0.2, 0.25) is 18.1 Å². The molecule has 2 amide bonds. The van der Waals surface area contributed by atoms with Crippen molar-refractivity contribution in [3.8, 4) is 11.5 Å². The van der Waals surface area contributed by atoms with Gasteiger partial charge < -0.3 is 29.4 Å². The second kappa shape index (κ2) is 10.4. The number of benzene rings is 2. The monoisotopic (exact) mass is 465 g/mol. The van der Waals surface area contributed by atoms with E-state index in [1.54, 1.807) is 23.8 Å². The average Bonchev–Trinajstić information content (AvgIpc) is 3.31. The molecule has 0 fully saturated rings. The van der Waals surface area contributed by atoms with Crippen LogP contribution < -0.4 is 25.5 Å². The fraction of sp³-hybridized carbons (Fsp3) is 0.320. The molecule has 1 aliphatic rings. The Kier molecular flexibility index (Phi) is 7.12. The maximum absolute atomic E-state index is 13.3. The molecule has 2 aromatic carbocycles. The Morgan fingerprint density at radius 3 is 2.59 bits per heavy atom. The molecule has 0 saturated heterocycles. The summed E-state index contributed by atoms with van der Waals surface area (Å²) >= 11 is 0. The van der Waals surface area contributed by atoms with E-state index in [0.29, 0.717) is 42.1 Å². The normalized spacial score (nSPS) is 13.0. The third kappa shape index (κ3) is 4.89. The van der Waals surface area contributed by atoms with Crippen molar-refractivity contribution in [3.63, 3.8) is 0 Å². The zero-order valence-corrected chi connectivity index (χ0v) is 19.1. The highest BCUT2D eigenvalue weighted by Gasteiger charge is 2.25. The number of rotatable bonds is 9. The Bertz CT molecular complexity index is 1250. The van der Waals surface area contributed by atoms with Crippen molar-refractivity contribution in [2.75, 3.05) is 27.1 Å². The van der Waals surface area contributed by atoms with Gasteiger partial charge in [-0.1, -0.05) is 30.3 Å². The fourth-order valence-electron chi connectivity index (χ4n) is 3.90. The van der Waals surface area contributed by atoms with Crippen molar-refractivity contribution < 1.29 is 23.8 Å². The first-order valence-corrected chi connectivity index (χ1v) is 11.1. The number of aryl methyl sites for hydroxylation is 1.